The van der Waals surface area contributed by atoms with Crippen LogP contribution in [0.5, 0.6) is 0 Å². The molecule has 4 N–H and O–H groups in total. The summed E-state index contributed by atoms with van der Waals surface area (Å²) in [6, 6.07) is 5.49. The van der Waals surface area contributed by atoms with E-state index in [0.717, 1.165) is 23.1 Å². The van der Waals surface area contributed by atoms with Gasteiger partial charge < -0.3 is 20.6 Å². The van der Waals surface area contributed by atoms with Crippen LogP contribution in [-0.2, 0) is 4.79 Å². The number of hydrogen-bond acceptors (Lipinski definition) is 3. The predicted molar refractivity (Wildman–Crippen MR) is 74.0 cm³/mol. The van der Waals surface area contributed by atoms with Gasteiger partial charge in [0.1, 0.15) is 0 Å². The maximum absolute atomic E-state index is 11.6. The second kappa shape index (κ2) is 5.71. The van der Waals surface area contributed by atoms with E-state index in [1.165, 1.54) is 0 Å². The Morgan fingerprint density at radius 3 is 2.79 bits per heavy atom. The number of rotatable bonds is 5. The second-order valence-corrected chi connectivity index (χ2v) is 4.45. The molecule has 2 aromatic rings. The molecule has 1 unspecified atom stereocenters. The van der Waals surface area contributed by atoms with Gasteiger partial charge in [-0.05, 0) is 31.2 Å². The molecule has 6 nitrogen and oxygen atoms in total. The molecule has 1 heterocycles. The van der Waals surface area contributed by atoms with Crippen molar-refractivity contribution in [1.29, 1.82) is 0 Å². The highest BCUT2D eigenvalue weighted by Crippen LogP contribution is 2.16. The predicted octanol–water partition coefficient (Wildman–Crippen LogP) is 0.643. The number of hydrogen-bond donors (Lipinski definition) is 4. The van der Waals surface area contributed by atoms with Crippen molar-refractivity contribution in [3.63, 3.8) is 0 Å². The number of aromatic amines is 2. The van der Waals surface area contributed by atoms with E-state index in [2.05, 4.69) is 20.6 Å². The largest absolute Gasteiger partial charge is 0.348 e. The molecule has 0 bridgehead atoms. The van der Waals surface area contributed by atoms with Crippen LogP contribution in [0.15, 0.2) is 23.0 Å². The van der Waals surface area contributed by atoms with Crippen LogP contribution in [0.1, 0.15) is 25.5 Å². The molecule has 0 aliphatic carbocycles. The molecule has 1 aromatic heterocycles. The molecule has 102 valence electrons. The van der Waals surface area contributed by atoms with Crippen LogP contribution in [0.2, 0.25) is 0 Å². The Labute approximate surface area is 110 Å². The Hall–Kier alpha value is -2.08. The summed E-state index contributed by atoms with van der Waals surface area (Å²) >= 11 is 0. The van der Waals surface area contributed by atoms with Crippen molar-refractivity contribution in [2.45, 2.75) is 19.9 Å². The molecule has 1 amide bonds. The Morgan fingerprint density at radius 1 is 1.32 bits per heavy atom. The molecule has 0 saturated carbocycles. The molecule has 0 spiro atoms. The first-order valence-corrected chi connectivity index (χ1v) is 6.32. The van der Waals surface area contributed by atoms with Crippen molar-refractivity contribution in [2.75, 3.05) is 13.1 Å². The quantitative estimate of drug-likeness (QED) is 0.637. The summed E-state index contributed by atoms with van der Waals surface area (Å²) in [7, 11) is 0. The number of benzene rings is 1. The van der Waals surface area contributed by atoms with Gasteiger partial charge in [-0.3, -0.25) is 4.79 Å². The molecule has 0 fully saturated rings. The van der Waals surface area contributed by atoms with Gasteiger partial charge in [0, 0.05) is 0 Å². The third-order valence-electron chi connectivity index (χ3n) is 2.95. The zero-order chi connectivity index (χ0) is 13.8. The molecule has 19 heavy (non-hydrogen) atoms. The van der Waals surface area contributed by atoms with E-state index < -0.39 is 0 Å². The zero-order valence-corrected chi connectivity index (χ0v) is 11.0. The van der Waals surface area contributed by atoms with Crippen LogP contribution >= 0.6 is 0 Å². The summed E-state index contributed by atoms with van der Waals surface area (Å²) in [6.07, 6.45) is 0. The van der Waals surface area contributed by atoms with Crippen molar-refractivity contribution in [1.82, 2.24) is 20.6 Å². The van der Waals surface area contributed by atoms with Crippen molar-refractivity contribution in [3.05, 3.63) is 34.2 Å². The molecule has 1 aromatic carbocycles. The van der Waals surface area contributed by atoms with Crippen molar-refractivity contribution in [2.24, 2.45) is 0 Å². The van der Waals surface area contributed by atoms with E-state index in [9.17, 15) is 9.59 Å². The third kappa shape index (κ3) is 3.23. The molecule has 0 aliphatic heterocycles. The zero-order valence-electron chi connectivity index (χ0n) is 11.0. The fourth-order valence-electron chi connectivity index (χ4n) is 1.93. The molecular weight excluding hydrogens is 244 g/mol. The molecule has 0 saturated heterocycles. The standard InChI is InChI=1S/C13H18N4O2/c1-3-14-7-12(18)15-8(2)9-4-5-10-11(6-9)17-13(19)16-10/h4-6,8,14H,3,7H2,1-2H3,(H,15,18)(H2,16,17,19). The van der Waals surface area contributed by atoms with E-state index in [-0.39, 0.29) is 17.6 Å². The van der Waals surface area contributed by atoms with E-state index in [1.807, 2.05) is 32.0 Å². The van der Waals surface area contributed by atoms with Gasteiger partial charge in [0.05, 0.1) is 23.6 Å². The number of fused-ring (bicyclic) bond motifs is 1. The summed E-state index contributed by atoms with van der Waals surface area (Å²) in [5.74, 6) is -0.0444. The maximum atomic E-state index is 11.6. The Bertz CT molecular complexity index is 629. The van der Waals surface area contributed by atoms with Crippen LogP contribution < -0.4 is 16.3 Å². The number of likely N-dealkylation sites (N-methyl/N-ethyl adjacent to an activating group) is 1. The fourth-order valence-corrected chi connectivity index (χ4v) is 1.93. The van der Waals surface area contributed by atoms with E-state index >= 15 is 0 Å². The molecule has 0 aliphatic rings. The third-order valence-corrected chi connectivity index (χ3v) is 2.95. The van der Waals surface area contributed by atoms with Gasteiger partial charge in [0.2, 0.25) is 5.91 Å². The smallest absolute Gasteiger partial charge is 0.323 e. The fraction of sp³-hybridized carbons (Fsp3) is 0.385. The SMILES string of the molecule is CCNCC(=O)NC(C)c1ccc2[nH]c(=O)[nH]c2c1. The Morgan fingerprint density at radius 2 is 2.05 bits per heavy atom. The highest BCUT2D eigenvalue weighted by molar-refractivity contribution is 5.79. The number of carbonyl (C=O) groups is 1. The van der Waals surface area contributed by atoms with E-state index in [4.69, 9.17) is 0 Å². The van der Waals surface area contributed by atoms with E-state index in [0.29, 0.717) is 6.54 Å². The van der Waals surface area contributed by atoms with Crippen molar-refractivity contribution in [3.8, 4) is 0 Å². The van der Waals surface area contributed by atoms with Crippen molar-refractivity contribution >= 4 is 16.9 Å². The van der Waals surface area contributed by atoms with Gasteiger partial charge >= 0.3 is 5.69 Å². The van der Waals surface area contributed by atoms with Crippen molar-refractivity contribution < 1.29 is 4.79 Å². The summed E-state index contributed by atoms with van der Waals surface area (Å²) < 4.78 is 0. The highest BCUT2D eigenvalue weighted by Gasteiger charge is 2.10. The van der Waals surface area contributed by atoms with Crippen LogP contribution in [0.4, 0.5) is 0 Å². The minimum atomic E-state index is -0.226. The molecule has 0 radical (unpaired) electrons. The number of carbonyl (C=O) groups excluding carboxylic acids is 1. The first kappa shape index (κ1) is 13.4. The number of nitrogens with one attached hydrogen (secondary N) is 4. The minimum Gasteiger partial charge on any atom is -0.348 e. The minimum absolute atomic E-state index is 0.0444. The first-order valence-electron chi connectivity index (χ1n) is 6.32. The summed E-state index contributed by atoms with van der Waals surface area (Å²) in [6.45, 7) is 4.94. The summed E-state index contributed by atoms with van der Waals surface area (Å²) in [5, 5.41) is 5.87. The van der Waals surface area contributed by atoms with Crippen LogP contribution in [0.3, 0.4) is 0 Å². The lowest BCUT2D eigenvalue weighted by atomic mass is 10.1. The number of H-pyrrole nitrogens is 2. The normalized spacial score (nSPS) is 12.5. The van der Waals surface area contributed by atoms with Gasteiger partial charge in [-0.2, -0.15) is 0 Å². The topological polar surface area (TPSA) is 89.8 Å². The van der Waals surface area contributed by atoms with Gasteiger partial charge in [-0.15, -0.1) is 0 Å². The van der Waals surface area contributed by atoms with Crippen LogP contribution in [-0.4, -0.2) is 29.0 Å². The van der Waals surface area contributed by atoms with Gasteiger partial charge in [0.25, 0.3) is 0 Å². The van der Waals surface area contributed by atoms with Gasteiger partial charge in [-0.1, -0.05) is 13.0 Å². The summed E-state index contributed by atoms with van der Waals surface area (Å²) in [4.78, 5) is 28.2. The lowest BCUT2D eigenvalue weighted by molar-refractivity contribution is -0.120. The monoisotopic (exact) mass is 262 g/mol. The average Bonchev–Trinajstić information content (AvgIpc) is 2.75. The van der Waals surface area contributed by atoms with Gasteiger partial charge in [0.15, 0.2) is 0 Å². The first-order chi connectivity index (χ1) is 9.10. The molecule has 1 atom stereocenters. The lowest BCUT2D eigenvalue weighted by Gasteiger charge is -2.14. The highest BCUT2D eigenvalue weighted by atomic mass is 16.2. The number of amides is 1. The van der Waals surface area contributed by atoms with E-state index in [1.54, 1.807) is 0 Å². The summed E-state index contributed by atoms with van der Waals surface area (Å²) in [5.41, 5.74) is 2.23. The Kier molecular flexibility index (Phi) is 4.01. The molecule has 6 heteroatoms. The second-order valence-electron chi connectivity index (χ2n) is 4.45. The molecule has 2 rings (SSSR count). The number of imidazole rings is 1. The van der Waals surface area contributed by atoms with Crippen LogP contribution in [0, 0.1) is 0 Å². The number of aromatic nitrogens is 2. The van der Waals surface area contributed by atoms with Crippen LogP contribution in [0.25, 0.3) is 11.0 Å². The van der Waals surface area contributed by atoms with Gasteiger partial charge in [-0.25, -0.2) is 4.79 Å². The Balaban J connectivity index is 2.10. The maximum Gasteiger partial charge on any atom is 0.323 e. The molecular formula is C13H18N4O2. The average molecular weight is 262 g/mol. The lowest BCUT2D eigenvalue weighted by Crippen LogP contribution is -2.35.